The summed E-state index contributed by atoms with van der Waals surface area (Å²) in [4.78, 5) is 19.3. The predicted molar refractivity (Wildman–Crippen MR) is 105 cm³/mol. The molecule has 0 amide bonds. The van der Waals surface area contributed by atoms with Crippen molar-refractivity contribution < 1.29 is 36.2 Å². The van der Waals surface area contributed by atoms with Crippen molar-refractivity contribution in [3.8, 4) is 11.4 Å². The molecule has 170 valence electrons. The summed E-state index contributed by atoms with van der Waals surface area (Å²) in [7, 11) is 0. The van der Waals surface area contributed by atoms with Gasteiger partial charge in [-0.05, 0) is 48.5 Å². The van der Waals surface area contributed by atoms with E-state index in [9.17, 15) is 36.2 Å². The summed E-state index contributed by atoms with van der Waals surface area (Å²) in [6.45, 7) is 0. The number of halogens is 6. The molecule has 4 aromatic rings. The van der Waals surface area contributed by atoms with Crippen molar-refractivity contribution >= 4 is 23.1 Å². The average molecular weight is 466 g/mol. The molecule has 0 fully saturated rings. The van der Waals surface area contributed by atoms with Gasteiger partial charge in [0.05, 0.1) is 16.8 Å². The number of carbonyl (C=O) groups is 1. The number of aromatic carboxylic acids is 1. The number of carboxylic acid groups (broad SMARTS) is 1. The van der Waals surface area contributed by atoms with Gasteiger partial charge in [-0.3, -0.25) is 4.40 Å². The number of benzene rings is 1. The molecule has 0 bridgehead atoms. The first-order chi connectivity index (χ1) is 15.4. The van der Waals surface area contributed by atoms with Gasteiger partial charge >= 0.3 is 18.3 Å². The van der Waals surface area contributed by atoms with E-state index in [-0.39, 0.29) is 28.4 Å². The molecule has 0 saturated heterocycles. The highest BCUT2D eigenvalue weighted by molar-refractivity contribution is 5.90. The Hall–Kier alpha value is -4.09. The van der Waals surface area contributed by atoms with Crippen molar-refractivity contribution in [2.45, 2.75) is 12.4 Å². The van der Waals surface area contributed by atoms with Crippen LogP contribution < -0.4 is 5.32 Å². The second kappa shape index (κ2) is 7.80. The molecule has 0 aliphatic carbocycles. The van der Waals surface area contributed by atoms with E-state index in [1.165, 1.54) is 24.4 Å². The van der Waals surface area contributed by atoms with Gasteiger partial charge in [-0.2, -0.15) is 26.3 Å². The molecular weight excluding hydrogens is 454 g/mol. The van der Waals surface area contributed by atoms with Crippen molar-refractivity contribution in [2.24, 2.45) is 0 Å². The van der Waals surface area contributed by atoms with Crippen LogP contribution in [0.4, 0.5) is 37.8 Å². The molecule has 6 nitrogen and oxygen atoms in total. The molecule has 0 unspecified atom stereocenters. The summed E-state index contributed by atoms with van der Waals surface area (Å²) in [6.07, 6.45) is -8.08. The number of pyridine rings is 2. The lowest BCUT2D eigenvalue weighted by Crippen LogP contribution is -2.09. The topological polar surface area (TPSA) is 79.5 Å². The average Bonchev–Trinajstić information content (AvgIpc) is 3.13. The summed E-state index contributed by atoms with van der Waals surface area (Å²) in [5.41, 5.74) is -3.26. The van der Waals surface area contributed by atoms with Crippen molar-refractivity contribution in [2.75, 3.05) is 5.32 Å². The molecule has 1 aromatic carbocycles. The number of rotatable bonds is 4. The van der Waals surface area contributed by atoms with Gasteiger partial charge in [-0.1, -0.05) is 6.07 Å². The summed E-state index contributed by atoms with van der Waals surface area (Å²) < 4.78 is 80.5. The molecule has 3 aromatic heterocycles. The van der Waals surface area contributed by atoms with Crippen LogP contribution in [0.2, 0.25) is 0 Å². The summed E-state index contributed by atoms with van der Waals surface area (Å²) >= 11 is 0. The predicted octanol–water partition coefficient (Wildman–Crippen LogP) is 5.88. The summed E-state index contributed by atoms with van der Waals surface area (Å²) in [5.74, 6) is -1.61. The number of imidazole rings is 1. The number of aromatic nitrogens is 3. The van der Waals surface area contributed by atoms with Crippen molar-refractivity contribution in [1.82, 2.24) is 14.4 Å². The van der Waals surface area contributed by atoms with Gasteiger partial charge < -0.3 is 10.4 Å². The first-order valence-corrected chi connectivity index (χ1v) is 9.18. The molecule has 0 aliphatic rings. The molecule has 12 heteroatoms. The maximum absolute atomic E-state index is 13.7. The van der Waals surface area contributed by atoms with E-state index in [1.54, 1.807) is 0 Å². The third-order valence-corrected chi connectivity index (χ3v) is 4.60. The Morgan fingerprint density at radius 3 is 2.21 bits per heavy atom. The summed E-state index contributed by atoms with van der Waals surface area (Å²) in [6, 6.07) is 10.1. The lowest BCUT2D eigenvalue weighted by molar-refractivity contribution is -0.140. The smallest absolute Gasteiger partial charge is 0.435 e. The minimum Gasteiger partial charge on any atom is -0.478 e. The Morgan fingerprint density at radius 1 is 0.909 bits per heavy atom. The van der Waals surface area contributed by atoms with Crippen LogP contribution in [0.25, 0.3) is 17.0 Å². The standard InChI is InChI=1S/C21H12F6N4O2/c22-20(23,24)12-4-6-13(7-5-12)28-15-10-11(19(32)33)9-14(29-15)17-18(21(25,26)27)30-16-3-1-2-8-31(16)17/h1-10H,(H,28,29)(H,32,33). The second-order valence-corrected chi connectivity index (χ2v) is 6.87. The molecule has 0 saturated carbocycles. The van der Waals surface area contributed by atoms with Crippen LogP contribution >= 0.6 is 0 Å². The molecular formula is C21H12F6N4O2. The fourth-order valence-electron chi connectivity index (χ4n) is 3.17. The number of nitrogens with zero attached hydrogens (tertiary/aromatic N) is 3. The molecule has 0 spiro atoms. The normalized spacial score (nSPS) is 12.2. The van der Waals surface area contributed by atoms with Gasteiger partial charge in [0.25, 0.3) is 0 Å². The van der Waals surface area contributed by atoms with Gasteiger partial charge in [-0.15, -0.1) is 0 Å². The van der Waals surface area contributed by atoms with E-state index in [2.05, 4.69) is 15.3 Å². The van der Waals surface area contributed by atoms with E-state index in [1.807, 2.05) is 0 Å². The van der Waals surface area contributed by atoms with Crippen molar-refractivity contribution in [3.05, 3.63) is 77.6 Å². The highest BCUT2D eigenvalue weighted by Gasteiger charge is 2.39. The first kappa shape index (κ1) is 22.1. The van der Waals surface area contributed by atoms with E-state index in [4.69, 9.17) is 0 Å². The molecule has 0 aliphatic heterocycles. The van der Waals surface area contributed by atoms with Gasteiger partial charge in [0, 0.05) is 11.9 Å². The SMILES string of the molecule is O=C(O)c1cc(Nc2ccc(C(F)(F)F)cc2)nc(-c2c(C(F)(F)F)nc3ccccn23)c1. The molecule has 0 atom stereocenters. The van der Waals surface area contributed by atoms with Crippen LogP contribution in [0.5, 0.6) is 0 Å². The molecule has 2 N–H and O–H groups in total. The highest BCUT2D eigenvalue weighted by Crippen LogP contribution is 2.37. The Kier molecular flexibility index (Phi) is 5.23. The lowest BCUT2D eigenvalue weighted by atomic mass is 10.1. The van der Waals surface area contributed by atoms with Crippen LogP contribution in [-0.4, -0.2) is 25.4 Å². The van der Waals surface area contributed by atoms with Crippen molar-refractivity contribution in [1.29, 1.82) is 0 Å². The van der Waals surface area contributed by atoms with E-state index in [0.717, 1.165) is 40.8 Å². The van der Waals surface area contributed by atoms with E-state index < -0.39 is 35.3 Å². The number of carboxylic acids is 1. The monoisotopic (exact) mass is 466 g/mol. The maximum atomic E-state index is 13.7. The Bertz CT molecular complexity index is 1340. The zero-order chi connectivity index (χ0) is 24.0. The second-order valence-electron chi connectivity index (χ2n) is 6.87. The van der Waals surface area contributed by atoms with Gasteiger partial charge in [0.15, 0.2) is 5.69 Å². The zero-order valence-electron chi connectivity index (χ0n) is 16.2. The van der Waals surface area contributed by atoms with Crippen molar-refractivity contribution in [3.63, 3.8) is 0 Å². The number of nitrogens with one attached hydrogen (secondary N) is 1. The van der Waals surface area contributed by atoms with E-state index >= 15 is 0 Å². The van der Waals surface area contributed by atoms with Crippen LogP contribution in [0.3, 0.4) is 0 Å². The van der Waals surface area contributed by atoms with Gasteiger partial charge in [0.2, 0.25) is 0 Å². The van der Waals surface area contributed by atoms with Crippen LogP contribution in [-0.2, 0) is 12.4 Å². The highest BCUT2D eigenvalue weighted by atomic mass is 19.4. The number of anilines is 2. The van der Waals surface area contributed by atoms with Crippen LogP contribution in [0, 0.1) is 0 Å². The fourth-order valence-corrected chi connectivity index (χ4v) is 3.17. The zero-order valence-corrected chi connectivity index (χ0v) is 16.2. The van der Waals surface area contributed by atoms with Gasteiger partial charge in [0.1, 0.15) is 17.2 Å². The molecule has 4 rings (SSSR count). The molecule has 3 heterocycles. The van der Waals surface area contributed by atoms with E-state index in [0.29, 0.717) is 0 Å². The number of hydrogen-bond donors (Lipinski definition) is 2. The summed E-state index contributed by atoms with van der Waals surface area (Å²) in [5, 5.41) is 12.1. The largest absolute Gasteiger partial charge is 0.478 e. The lowest BCUT2D eigenvalue weighted by Gasteiger charge is -2.12. The van der Waals surface area contributed by atoms with Crippen LogP contribution in [0.1, 0.15) is 21.6 Å². The van der Waals surface area contributed by atoms with Gasteiger partial charge in [-0.25, -0.2) is 14.8 Å². The Morgan fingerprint density at radius 2 is 1.61 bits per heavy atom. The third-order valence-electron chi connectivity index (χ3n) is 4.60. The minimum atomic E-state index is -4.86. The number of fused-ring (bicyclic) bond motifs is 1. The number of hydrogen-bond acceptors (Lipinski definition) is 4. The first-order valence-electron chi connectivity index (χ1n) is 9.18. The number of alkyl halides is 6. The Balaban J connectivity index is 1.84. The Labute approximate surface area is 181 Å². The third kappa shape index (κ3) is 4.45. The maximum Gasteiger partial charge on any atom is 0.435 e. The quantitative estimate of drug-likeness (QED) is 0.368. The molecule has 33 heavy (non-hydrogen) atoms. The fraction of sp³-hybridized carbons (Fsp3) is 0.0952. The van der Waals surface area contributed by atoms with Crippen LogP contribution in [0.15, 0.2) is 60.8 Å². The molecule has 0 radical (unpaired) electrons. The minimum absolute atomic E-state index is 0.0281.